The Kier molecular flexibility index (Phi) is 29.8. The number of pyridine rings is 12. The molecule has 20 heteroatoms. The monoisotopic (exact) mass is 1300 g/mol. The summed E-state index contributed by atoms with van der Waals surface area (Å²) in [5, 5.41) is 25.3. The van der Waals surface area contributed by atoms with E-state index in [-0.39, 0.29) is 71.2 Å². The minimum absolute atomic E-state index is 0. The maximum absolute atomic E-state index is 4.22. The number of hydrogen-bond donors (Lipinski definition) is 0. The fraction of sp³-hybridized carbons (Fsp3) is 0. The van der Waals surface area contributed by atoms with Crippen molar-refractivity contribution in [3.05, 3.63) is 325 Å². The van der Waals surface area contributed by atoms with Gasteiger partial charge in [0, 0.05) is 69.8 Å². The Morgan fingerprint density at radius 1 is 0.138 bits per heavy atom. The van der Waals surface area contributed by atoms with Gasteiger partial charge < -0.3 is 91.7 Å². The molecule has 0 N–H and O–H groups in total. The SMILES string of the molecule is [La+3].[La+3].c1ccc([N-]c2ccccn2)nc1.c1ccc([N-]c2ccccn2)nc1.c1ccc([N-]c2ccccn2)nc1.c1ccc([N-]c2ccccn2)nc1.c1ccc([N-]c2ccccn2)nc1.c1ccc([N-]c2ccccn2)nc1. The van der Waals surface area contributed by atoms with Crippen molar-refractivity contribution in [2.75, 3.05) is 0 Å². The smallest absolute Gasteiger partial charge is 0.369 e. The van der Waals surface area contributed by atoms with E-state index in [1.54, 1.807) is 74.4 Å². The van der Waals surface area contributed by atoms with Gasteiger partial charge in [0.15, 0.2) is 0 Å². The van der Waals surface area contributed by atoms with E-state index in [1.165, 1.54) is 0 Å². The molecular formula is C60H48La2N18. The van der Waals surface area contributed by atoms with Gasteiger partial charge in [-0.05, 0) is 147 Å². The van der Waals surface area contributed by atoms with Crippen LogP contribution in [0.3, 0.4) is 0 Å². The molecule has 80 heavy (non-hydrogen) atoms. The van der Waals surface area contributed by atoms with Crippen LogP contribution in [0.4, 0.5) is 69.8 Å². The molecule has 18 nitrogen and oxygen atoms in total. The Morgan fingerprint density at radius 2 is 0.225 bits per heavy atom. The molecule has 12 aromatic rings. The maximum Gasteiger partial charge on any atom is 3.00 e. The first kappa shape index (κ1) is 61.8. The molecule has 0 unspecified atom stereocenters. The van der Waals surface area contributed by atoms with E-state index in [2.05, 4.69) is 91.7 Å². The summed E-state index contributed by atoms with van der Waals surface area (Å²) in [5.74, 6) is 8.18. The number of rotatable bonds is 12. The van der Waals surface area contributed by atoms with Crippen molar-refractivity contribution in [2.24, 2.45) is 0 Å². The summed E-state index contributed by atoms with van der Waals surface area (Å²) in [7, 11) is 0. The van der Waals surface area contributed by atoms with Gasteiger partial charge in [-0.15, -0.1) is 0 Å². The summed E-state index contributed by atoms with van der Waals surface area (Å²) in [6.45, 7) is 0. The Morgan fingerprint density at radius 3 is 0.287 bits per heavy atom. The van der Waals surface area contributed by atoms with Gasteiger partial charge in [-0.3, -0.25) is 0 Å². The first-order valence-electron chi connectivity index (χ1n) is 23.9. The Bertz CT molecular complexity index is 2540. The minimum Gasteiger partial charge on any atom is -0.369 e. The molecule has 12 rings (SSSR count). The van der Waals surface area contributed by atoms with Crippen molar-refractivity contribution >= 4 is 69.8 Å². The van der Waals surface area contributed by atoms with Crippen molar-refractivity contribution in [1.82, 2.24) is 59.8 Å². The van der Waals surface area contributed by atoms with Crippen LogP contribution in [0.15, 0.2) is 293 Å². The zero-order chi connectivity index (χ0) is 53.6. The first-order chi connectivity index (χ1) is 38.7. The van der Waals surface area contributed by atoms with Gasteiger partial charge >= 0.3 is 71.2 Å². The van der Waals surface area contributed by atoms with E-state index >= 15 is 0 Å². The van der Waals surface area contributed by atoms with Crippen LogP contribution in [0.2, 0.25) is 0 Å². The van der Waals surface area contributed by atoms with Crippen LogP contribution in [-0.4, -0.2) is 59.8 Å². The average Bonchev–Trinajstić information content (AvgIpc) is 3.51. The van der Waals surface area contributed by atoms with Crippen LogP contribution in [0.5, 0.6) is 0 Å². The van der Waals surface area contributed by atoms with Gasteiger partial charge in [0.1, 0.15) is 0 Å². The molecule has 12 heterocycles. The summed E-state index contributed by atoms with van der Waals surface area (Å²) in [6.07, 6.45) is 20.5. The summed E-state index contributed by atoms with van der Waals surface area (Å²) in [4.78, 5) is 48.8. The van der Waals surface area contributed by atoms with Gasteiger partial charge in [-0.2, -0.15) is 0 Å². The van der Waals surface area contributed by atoms with Gasteiger partial charge in [0.05, 0.1) is 0 Å². The third-order valence-electron chi connectivity index (χ3n) is 9.17. The predicted octanol–water partition coefficient (Wildman–Crippen LogP) is 16.9. The van der Waals surface area contributed by atoms with Crippen LogP contribution in [-0.2, 0) is 0 Å². The van der Waals surface area contributed by atoms with E-state index in [9.17, 15) is 0 Å². The van der Waals surface area contributed by atoms with E-state index in [4.69, 9.17) is 0 Å². The topological polar surface area (TPSA) is 239 Å². The third-order valence-corrected chi connectivity index (χ3v) is 9.17. The van der Waals surface area contributed by atoms with Crippen LogP contribution < -0.4 is 0 Å². The average molecular weight is 1300 g/mol. The molecule has 0 amide bonds. The van der Waals surface area contributed by atoms with Crippen molar-refractivity contribution in [2.45, 2.75) is 0 Å². The predicted molar refractivity (Wildman–Crippen MR) is 307 cm³/mol. The molecule has 0 bridgehead atoms. The molecule has 0 aromatic carbocycles. The van der Waals surface area contributed by atoms with Gasteiger partial charge in [0.25, 0.3) is 0 Å². The molecule has 384 valence electrons. The van der Waals surface area contributed by atoms with Crippen LogP contribution in [0.25, 0.3) is 31.9 Å². The second-order valence-electron chi connectivity index (χ2n) is 14.9. The van der Waals surface area contributed by atoms with Gasteiger partial charge in [-0.1, -0.05) is 146 Å². The van der Waals surface area contributed by atoms with Gasteiger partial charge in [0.2, 0.25) is 0 Å². The van der Waals surface area contributed by atoms with Crippen LogP contribution >= 0.6 is 0 Å². The van der Waals surface area contributed by atoms with Gasteiger partial charge in [-0.25, -0.2) is 0 Å². The van der Waals surface area contributed by atoms with Crippen molar-refractivity contribution in [3.63, 3.8) is 0 Å². The molecule has 12 aromatic heterocycles. The van der Waals surface area contributed by atoms with E-state index in [0.717, 1.165) is 0 Å². The molecule has 0 fully saturated rings. The summed E-state index contributed by atoms with van der Waals surface area (Å²) in [5.41, 5.74) is 0. The second-order valence-corrected chi connectivity index (χ2v) is 14.9. The molecule has 0 saturated carbocycles. The fourth-order valence-corrected chi connectivity index (χ4v) is 5.74. The Hall–Kier alpha value is -9.01. The minimum atomic E-state index is 0. The van der Waals surface area contributed by atoms with Crippen molar-refractivity contribution in [3.8, 4) is 0 Å². The van der Waals surface area contributed by atoms with E-state index in [1.807, 2.05) is 218 Å². The molecule has 0 aliphatic carbocycles. The normalized spacial score (nSPS) is 9.30. The molecule has 0 spiro atoms. The quantitative estimate of drug-likeness (QED) is 0.111. The standard InChI is InChI=1S/6C10H8N3.2La/c6*1-3-7-11-9(5-1)13-10-6-2-4-8-12-10;;/h6*1-8H;;/q6*-1;2*+3. The molecular weight excluding hydrogens is 1250 g/mol. The van der Waals surface area contributed by atoms with E-state index in [0.29, 0.717) is 69.8 Å². The first-order valence-corrected chi connectivity index (χ1v) is 23.9. The molecule has 0 aliphatic heterocycles. The second kappa shape index (κ2) is 38.5. The van der Waals surface area contributed by atoms with Crippen LogP contribution in [0.1, 0.15) is 0 Å². The third kappa shape index (κ3) is 25.9. The van der Waals surface area contributed by atoms with Crippen molar-refractivity contribution in [1.29, 1.82) is 0 Å². The maximum atomic E-state index is 4.22. The number of nitrogens with zero attached hydrogens (tertiary/aromatic N) is 18. The van der Waals surface area contributed by atoms with Crippen molar-refractivity contribution < 1.29 is 71.2 Å². The fourth-order valence-electron chi connectivity index (χ4n) is 5.74. The number of hydrogen-bond acceptors (Lipinski definition) is 12. The zero-order valence-corrected chi connectivity index (χ0v) is 50.2. The molecule has 0 atom stereocenters. The van der Waals surface area contributed by atoms with Crippen LogP contribution in [0, 0.1) is 71.2 Å². The largest absolute Gasteiger partial charge is 3.00 e. The summed E-state index contributed by atoms with van der Waals surface area (Å²) < 4.78 is 0. The molecule has 0 aliphatic rings. The number of aromatic nitrogens is 12. The Labute approximate surface area is 520 Å². The van der Waals surface area contributed by atoms with E-state index < -0.39 is 0 Å². The zero-order valence-electron chi connectivity index (χ0n) is 42.9. The molecule has 0 saturated heterocycles. The summed E-state index contributed by atoms with van der Waals surface area (Å²) >= 11 is 0. The molecule has 0 radical (unpaired) electrons. The Balaban J connectivity index is 0.000000176. The summed E-state index contributed by atoms with van der Waals surface area (Å²) in [6, 6.07) is 67.2.